The van der Waals surface area contributed by atoms with Crippen LogP contribution < -0.4 is 0 Å². The van der Waals surface area contributed by atoms with Gasteiger partial charge >= 0.3 is 12.1 Å². The van der Waals surface area contributed by atoms with Gasteiger partial charge in [-0.15, -0.1) is 11.8 Å². The van der Waals surface area contributed by atoms with Crippen LogP contribution in [0.1, 0.15) is 15.9 Å². The summed E-state index contributed by atoms with van der Waals surface area (Å²) in [6.45, 7) is 0. The van der Waals surface area contributed by atoms with Crippen LogP contribution in [-0.2, 0) is 6.18 Å². The van der Waals surface area contributed by atoms with Crippen LogP contribution >= 0.6 is 11.8 Å². The van der Waals surface area contributed by atoms with Gasteiger partial charge in [0.15, 0.2) is 0 Å². The zero-order valence-corrected chi connectivity index (χ0v) is 17.2. The second-order valence-corrected chi connectivity index (χ2v) is 7.95. The predicted octanol–water partition coefficient (Wildman–Crippen LogP) is 7.61. The molecule has 0 amide bonds. The molecule has 0 aliphatic carbocycles. The van der Waals surface area contributed by atoms with E-state index in [9.17, 15) is 23.1 Å². The molecule has 0 saturated carbocycles. The van der Waals surface area contributed by atoms with E-state index in [4.69, 9.17) is 0 Å². The van der Waals surface area contributed by atoms with Gasteiger partial charge < -0.3 is 5.11 Å². The Morgan fingerprint density at radius 3 is 2.00 bits per heavy atom. The Morgan fingerprint density at radius 2 is 1.42 bits per heavy atom. The second-order valence-electron chi connectivity index (χ2n) is 7.07. The zero-order valence-electron chi connectivity index (χ0n) is 16.4. The highest BCUT2D eigenvalue weighted by Gasteiger charge is 2.30. The summed E-state index contributed by atoms with van der Waals surface area (Å²) in [5.41, 5.74) is 2.48. The van der Waals surface area contributed by atoms with Crippen molar-refractivity contribution in [3.63, 3.8) is 0 Å². The van der Waals surface area contributed by atoms with Gasteiger partial charge in [0.2, 0.25) is 0 Å². The number of carboxylic acids is 1. The number of hydrogen-bond donors (Lipinski definition) is 1. The quantitative estimate of drug-likeness (QED) is 0.333. The molecule has 0 fully saturated rings. The van der Waals surface area contributed by atoms with Crippen LogP contribution in [0.2, 0.25) is 0 Å². The highest BCUT2D eigenvalue weighted by Crippen LogP contribution is 2.35. The summed E-state index contributed by atoms with van der Waals surface area (Å²) >= 11 is 1.62. The third-order valence-corrected chi connectivity index (χ3v) is 5.89. The summed E-state index contributed by atoms with van der Waals surface area (Å²) < 4.78 is 38.5. The van der Waals surface area contributed by atoms with Crippen LogP contribution in [0, 0.1) is 0 Å². The zero-order chi connectivity index (χ0) is 22.2. The van der Waals surface area contributed by atoms with Gasteiger partial charge in [0.05, 0.1) is 11.1 Å². The van der Waals surface area contributed by atoms with E-state index in [-0.39, 0.29) is 5.56 Å². The minimum Gasteiger partial charge on any atom is -0.478 e. The number of hydrogen-bond acceptors (Lipinski definition) is 2. The van der Waals surface area contributed by atoms with Gasteiger partial charge in [0.1, 0.15) is 0 Å². The van der Waals surface area contributed by atoms with Crippen molar-refractivity contribution in [2.45, 2.75) is 11.1 Å². The molecule has 2 nitrogen and oxygen atoms in total. The Morgan fingerprint density at radius 1 is 0.806 bits per heavy atom. The lowest BCUT2D eigenvalue weighted by Crippen LogP contribution is -2.03. The highest BCUT2D eigenvalue weighted by molar-refractivity contribution is 7.98. The fourth-order valence-electron chi connectivity index (χ4n) is 3.53. The molecule has 0 radical (unpaired) electrons. The van der Waals surface area contributed by atoms with Crippen LogP contribution in [0.25, 0.3) is 33.0 Å². The largest absolute Gasteiger partial charge is 0.478 e. The van der Waals surface area contributed by atoms with Crippen molar-refractivity contribution in [1.82, 2.24) is 0 Å². The van der Waals surface area contributed by atoms with E-state index in [1.807, 2.05) is 48.7 Å². The molecule has 0 unspecified atom stereocenters. The second kappa shape index (κ2) is 8.12. The molecule has 0 spiro atoms. The average Bonchev–Trinajstić information content (AvgIpc) is 2.77. The number of carbonyl (C=O) groups is 1. The molecule has 1 N–H and O–H groups in total. The Bertz CT molecular complexity index is 1260. The Labute approximate surface area is 181 Å². The monoisotopic (exact) mass is 438 g/mol. The number of thioether (sulfide) groups is 1. The lowest BCUT2D eigenvalue weighted by atomic mass is 9.93. The van der Waals surface area contributed by atoms with Crippen LogP contribution in [0.15, 0.2) is 83.8 Å². The molecule has 6 heteroatoms. The van der Waals surface area contributed by atoms with Crippen molar-refractivity contribution in [1.29, 1.82) is 0 Å². The van der Waals surface area contributed by atoms with E-state index in [1.165, 1.54) is 12.1 Å². The van der Waals surface area contributed by atoms with E-state index < -0.39 is 17.7 Å². The first-order chi connectivity index (χ1) is 14.8. The summed E-state index contributed by atoms with van der Waals surface area (Å²) in [6.07, 6.45) is -2.41. The van der Waals surface area contributed by atoms with Crippen LogP contribution in [0.3, 0.4) is 0 Å². The molecule has 0 bridgehead atoms. The van der Waals surface area contributed by atoms with E-state index >= 15 is 0 Å². The number of fused-ring (bicyclic) bond motifs is 1. The molecule has 4 rings (SSSR count). The summed E-state index contributed by atoms with van der Waals surface area (Å²) in [5, 5.41) is 11.2. The molecular weight excluding hydrogens is 421 g/mol. The van der Waals surface area contributed by atoms with Gasteiger partial charge in [0.25, 0.3) is 0 Å². The lowest BCUT2D eigenvalue weighted by Gasteiger charge is -2.12. The van der Waals surface area contributed by atoms with Crippen LogP contribution in [0.4, 0.5) is 13.2 Å². The third-order valence-electron chi connectivity index (χ3n) is 5.15. The molecule has 156 valence electrons. The van der Waals surface area contributed by atoms with Crippen LogP contribution in [0.5, 0.6) is 0 Å². The molecule has 4 aromatic rings. The molecule has 0 atom stereocenters. The van der Waals surface area contributed by atoms with Crippen molar-refractivity contribution in [2.24, 2.45) is 0 Å². The van der Waals surface area contributed by atoms with Gasteiger partial charge in [-0.25, -0.2) is 4.79 Å². The lowest BCUT2D eigenvalue weighted by molar-refractivity contribution is -0.137. The third kappa shape index (κ3) is 4.30. The Kier molecular flexibility index (Phi) is 5.50. The van der Waals surface area contributed by atoms with Crippen LogP contribution in [-0.4, -0.2) is 17.3 Å². The Balaban J connectivity index is 1.84. The maximum absolute atomic E-state index is 12.8. The number of rotatable bonds is 4. The first-order valence-corrected chi connectivity index (χ1v) is 10.6. The molecule has 0 heterocycles. The maximum atomic E-state index is 12.8. The fourth-order valence-corrected chi connectivity index (χ4v) is 3.94. The van der Waals surface area contributed by atoms with Gasteiger partial charge in [-0.05, 0) is 81.7 Å². The summed E-state index contributed by atoms with van der Waals surface area (Å²) in [6, 6.07) is 21.6. The minimum atomic E-state index is -4.39. The average molecular weight is 438 g/mol. The molecule has 4 aromatic carbocycles. The predicted molar refractivity (Wildman–Crippen MR) is 119 cm³/mol. The topological polar surface area (TPSA) is 37.3 Å². The normalized spacial score (nSPS) is 11.6. The smallest absolute Gasteiger partial charge is 0.416 e. The number of alkyl halides is 3. The van der Waals surface area contributed by atoms with Gasteiger partial charge in [-0.1, -0.05) is 36.4 Å². The van der Waals surface area contributed by atoms with Crippen molar-refractivity contribution < 1.29 is 23.1 Å². The molecule has 31 heavy (non-hydrogen) atoms. The fraction of sp³-hybridized carbons (Fsp3) is 0.0800. The first-order valence-electron chi connectivity index (χ1n) is 9.39. The summed E-state index contributed by atoms with van der Waals surface area (Å²) in [4.78, 5) is 12.8. The molecule has 0 saturated heterocycles. The standard InChI is InChI=1S/C25H17F3O2S/c1-31-21-9-4-16(5-10-21)23-14-19(24(29)30)13-18-12-17(6-11-22(18)23)15-2-7-20(8-3-15)25(26,27)28/h2-14H,1H3,(H,29,30). The van der Waals surface area contributed by atoms with Crippen molar-refractivity contribution >= 4 is 28.5 Å². The number of halogens is 3. The summed E-state index contributed by atoms with van der Waals surface area (Å²) in [5.74, 6) is -1.04. The van der Waals surface area contributed by atoms with Crippen molar-refractivity contribution in [2.75, 3.05) is 6.26 Å². The highest BCUT2D eigenvalue weighted by atomic mass is 32.2. The SMILES string of the molecule is CSc1ccc(-c2cc(C(=O)O)cc3cc(-c4ccc(C(F)(F)F)cc4)ccc23)cc1. The number of benzene rings is 4. The molecule has 0 aliphatic heterocycles. The van der Waals surface area contributed by atoms with E-state index in [1.54, 1.807) is 23.9 Å². The van der Waals surface area contributed by atoms with Gasteiger partial charge in [-0.3, -0.25) is 0 Å². The van der Waals surface area contributed by atoms with Crippen molar-refractivity contribution in [3.8, 4) is 22.3 Å². The van der Waals surface area contributed by atoms with Gasteiger partial charge in [0, 0.05) is 4.90 Å². The van der Waals surface area contributed by atoms with Crippen molar-refractivity contribution in [3.05, 3.63) is 90.0 Å². The van der Waals surface area contributed by atoms with Gasteiger partial charge in [-0.2, -0.15) is 13.2 Å². The number of aromatic carboxylic acids is 1. The Hall–Kier alpha value is -3.25. The van der Waals surface area contributed by atoms with E-state index in [0.717, 1.165) is 33.5 Å². The van der Waals surface area contributed by atoms with E-state index in [0.29, 0.717) is 16.5 Å². The first kappa shape index (κ1) is 21.0. The maximum Gasteiger partial charge on any atom is 0.416 e. The summed E-state index contributed by atoms with van der Waals surface area (Å²) in [7, 11) is 0. The van der Waals surface area contributed by atoms with E-state index in [2.05, 4.69) is 0 Å². The molecular formula is C25H17F3O2S. The number of carboxylic acid groups (broad SMARTS) is 1. The minimum absolute atomic E-state index is 0.154. The molecule has 0 aliphatic rings. The molecule has 0 aromatic heterocycles.